The number of guanidine groups is 1. The number of aliphatic imine (C=N–C) groups is 2. The molecule has 0 spiro atoms. The highest BCUT2D eigenvalue weighted by Gasteiger charge is 2.03. The molecule has 5 heteroatoms. The molecule has 1 aliphatic heterocycles. The Kier molecular flexibility index (Phi) is 1.34. The second-order valence-corrected chi connectivity index (χ2v) is 1.52. The fraction of sp³-hybridized carbons (Fsp3) is 0. The third kappa shape index (κ3) is 1.10. The van der Waals surface area contributed by atoms with Crippen LogP contribution in [-0.4, -0.2) is 12.3 Å². The highest BCUT2D eigenvalue weighted by Crippen LogP contribution is 2.03. The quantitative estimate of drug-likeness (QED) is 0.440. The lowest BCUT2D eigenvalue weighted by atomic mass is 10.8. The highest BCUT2D eigenvalue weighted by atomic mass is 35.5. The van der Waals surface area contributed by atoms with Crippen molar-refractivity contribution in [3.63, 3.8) is 0 Å². The third-order valence-corrected chi connectivity index (χ3v) is 0.787. The molecule has 0 fully saturated rings. The molecule has 1 rings (SSSR count). The summed E-state index contributed by atoms with van der Waals surface area (Å²) in [6.07, 6.45) is 1.38. The Labute approximate surface area is 51.4 Å². The van der Waals surface area contributed by atoms with Crippen LogP contribution >= 0.6 is 11.6 Å². The average Bonchev–Trinajstić information content (AvgIpc) is 1.64. The normalized spacial score (nSPS) is 19.9. The standard InChI is InChI=1S/C3H4ClN4/c4-2-6-1-7-3(5)8-2/h1H,(H3,5,6,7,8). The first kappa shape index (κ1) is 5.37. The smallest absolute Gasteiger partial charge is 0.269 e. The summed E-state index contributed by atoms with van der Waals surface area (Å²) in [7, 11) is 0. The van der Waals surface area contributed by atoms with E-state index >= 15 is 0 Å². The molecule has 0 saturated heterocycles. The van der Waals surface area contributed by atoms with Crippen LogP contribution in [0.15, 0.2) is 9.98 Å². The van der Waals surface area contributed by atoms with Crippen LogP contribution in [-0.2, 0) is 0 Å². The molecule has 0 aliphatic carbocycles. The predicted octanol–water partition coefficient (Wildman–Crippen LogP) is -0.382. The maximum absolute atomic E-state index is 5.36. The molecule has 0 aromatic heterocycles. The van der Waals surface area contributed by atoms with Gasteiger partial charge in [0.25, 0.3) is 5.62 Å². The molecule has 0 bridgehead atoms. The minimum atomic E-state index is 0.175. The maximum Gasteiger partial charge on any atom is 0.269 e. The van der Waals surface area contributed by atoms with Crippen molar-refractivity contribution in [1.29, 1.82) is 0 Å². The predicted molar refractivity (Wildman–Crippen MR) is 32.3 cm³/mol. The topological polar surface area (TPSA) is 62.8 Å². The molecular weight excluding hydrogens is 128 g/mol. The third-order valence-electron chi connectivity index (χ3n) is 0.593. The van der Waals surface area contributed by atoms with Crippen LogP contribution in [0, 0.1) is 5.62 Å². The molecule has 0 unspecified atom stereocenters. The highest BCUT2D eigenvalue weighted by molar-refractivity contribution is 6.28. The van der Waals surface area contributed by atoms with Gasteiger partial charge in [-0.3, -0.25) is 0 Å². The van der Waals surface area contributed by atoms with Gasteiger partial charge in [0.1, 0.15) is 0 Å². The molecule has 0 aromatic rings. The largest absolute Gasteiger partial charge is 0.368 e. The summed E-state index contributed by atoms with van der Waals surface area (Å²) in [5.41, 5.74) is 5.38. The number of nitrogens with two attached hydrogens (primary N) is 1. The van der Waals surface area contributed by atoms with E-state index in [0.717, 1.165) is 0 Å². The van der Waals surface area contributed by atoms with Crippen LogP contribution in [0.1, 0.15) is 0 Å². The Morgan fingerprint density at radius 1 is 1.75 bits per heavy atom. The first-order chi connectivity index (χ1) is 3.79. The number of hydrogen-bond acceptors (Lipinski definition) is 4. The van der Waals surface area contributed by atoms with E-state index in [1.165, 1.54) is 6.34 Å². The Bertz CT molecular complexity index is 140. The van der Waals surface area contributed by atoms with E-state index in [4.69, 9.17) is 17.3 Å². The van der Waals surface area contributed by atoms with Gasteiger partial charge in [-0.25, -0.2) is 9.98 Å². The summed E-state index contributed by atoms with van der Waals surface area (Å²) < 4.78 is 0. The molecule has 0 atom stereocenters. The van der Waals surface area contributed by atoms with Crippen molar-refractivity contribution in [2.75, 3.05) is 0 Å². The van der Waals surface area contributed by atoms with Gasteiger partial charge in [-0.1, -0.05) is 11.6 Å². The number of nitrogens with zero attached hydrogens (tertiary/aromatic N) is 2. The zero-order chi connectivity index (χ0) is 5.98. The minimum absolute atomic E-state index is 0.175. The van der Waals surface area contributed by atoms with E-state index in [9.17, 15) is 0 Å². The lowest BCUT2D eigenvalue weighted by Gasteiger charge is -2.04. The van der Waals surface area contributed by atoms with Crippen molar-refractivity contribution in [3.05, 3.63) is 5.62 Å². The lowest BCUT2D eigenvalue weighted by Crippen LogP contribution is -2.23. The van der Waals surface area contributed by atoms with Crippen LogP contribution in [0.3, 0.4) is 0 Å². The SMILES string of the molecule is NC1=N[C](Cl)NC=N1. The van der Waals surface area contributed by atoms with Gasteiger partial charge < -0.3 is 11.1 Å². The molecule has 8 heavy (non-hydrogen) atoms. The lowest BCUT2D eigenvalue weighted by molar-refractivity contribution is 1.01. The summed E-state index contributed by atoms with van der Waals surface area (Å²) >= 11 is 5.36. The van der Waals surface area contributed by atoms with E-state index in [0.29, 0.717) is 0 Å². The zero-order valence-electron chi connectivity index (χ0n) is 3.93. The fourth-order valence-electron chi connectivity index (χ4n) is 0.313. The number of rotatable bonds is 0. The van der Waals surface area contributed by atoms with Crippen LogP contribution in [0.4, 0.5) is 0 Å². The molecule has 0 saturated carbocycles. The van der Waals surface area contributed by atoms with Gasteiger partial charge in [0.2, 0.25) is 5.96 Å². The molecule has 3 N–H and O–H groups in total. The first-order valence-corrected chi connectivity index (χ1v) is 2.32. The Morgan fingerprint density at radius 2 is 2.50 bits per heavy atom. The Hall–Kier alpha value is -0.770. The zero-order valence-corrected chi connectivity index (χ0v) is 4.68. The molecule has 4 nitrogen and oxygen atoms in total. The van der Waals surface area contributed by atoms with E-state index in [1.807, 2.05) is 0 Å². The van der Waals surface area contributed by atoms with Crippen molar-refractivity contribution in [3.8, 4) is 0 Å². The second kappa shape index (κ2) is 2.00. The first-order valence-electron chi connectivity index (χ1n) is 1.95. The van der Waals surface area contributed by atoms with Gasteiger partial charge >= 0.3 is 0 Å². The summed E-state index contributed by atoms with van der Waals surface area (Å²) in [4.78, 5) is 7.12. The molecule has 1 aliphatic rings. The van der Waals surface area contributed by atoms with Crippen LogP contribution < -0.4 is 11.1 Å². The maximum atomic E-state index is 5.36. The molecule has 0 amide bonds. The Balaban J connectivity index is 2.63. The van der Waals surface area contributed by atoms with Gasteiger partial charge in [0.05, 0.1) is 6.34 Å². The fourth-order valence-corrected chi connectivity index (χ4v) is 0.449. The number of halogens is 1. The number of nitrogens with one attached hydrogen (secondary N) is 1. The van der Waals surface area contributed by atoms with E-state index in [2.05, 4.69) is 15.3 Å². The van der Waals surface area contributed by atoms with Gasteiger partial charge in [0.15, 0.2) is 0 Å². The van der Waals surface area contributed by atoms with Crippen molar-refractivity contribution < 1.29 is 0 Å². The van der Waals surface area contributed by atoms with Crippen molar-refractivity contribution in [2.45, 2.75) is 0 Å². The molecule has 0 aromatic carbocycles. The van der Waals surface area contributed by atoms with Gasteiger partial charge in [-0.2, -0.15) is 0 Å². The van der Waals surface area contributed by atoms with E-state index < -0.39 is 0 Å². The molecular formula is C3H4ClN4. The van der Waals surface area contributed by atoms with Gasteiger partial charge in [0, 0.05) is 0 Å². The van der Waals surface area contributed by atoms with Gasteiger partial charge in [-0.05, 0) is 0 Å². The van der Waals surface area contributed by atoms with Crippen molar-refractivity contribution in [2.24, 2.45) is 15.7 Å². The van der Waals surface area contributed by atoms with E-state index in [-0.39, 0.29) is 11.6 Å². The molecule has 43 valence electrons. The minimum Gasteiger partial charge on any atom is -0.368 e. The number of hydrogen-bond donors (Lipinski definition) is 2. The molecule has 1 heterocycles. The van der Waals surface area contributed by atoms with Crippen LogP contribution in [0.2, 0.25) is 0 Å². The summed E-state index contributed by atoms with van der Waals surface area (Å²) in [5, 5.41) is 2.54. The Morgan fingerprint density at radius 3 is 2.88 bits per heavy atom. The summed E-state index contributed by atoms with van der Waals surface area (Å²) in [6, 6.07) is 0. The average molecular weight is 132 g/mol. The van der Waals surface area contributed by atoms with Gasteiger partial charge in [-0.15, -0.1) is 0 Å². The van der Waals surface area contributed by atoms with Crippen molar-refractivity contribution in [1.82, 2.24) is 5.32 Å². The summed E-state index contributed by atoms with van der Waals surface area (Å²) in [5.74, 6) is 0.175. The van der Waals surface area contributed by atoms with E-state index in [1.54, 1.807) is 0 Å². The summed E-state index contributed by atoms with van der Waals surface area (Å²) in [6.45, 7) is 0. The second-order valence-electron chi connectivity index (χ2n) is 1.16. The van der Waals surface area contributed by atoms with Crippen LogP contribution in [0.25, 0.3) is 0 Å². The van der Waals surface area contributed by atoms with Crippen molar-refractivity contribution >= 4 is 23.9 Å². The monoisotopic (exact) mass is 131 g/mol. The van der Waals surface area contributed by atoms with Crippen LogP contribution in [0.5, 0.6) is 0 Å². The molecule has 1 radical (unpaired) electrons.